The molecule has 0 aliphatic carbocycles. The topological polar surface area (TPSA) is 78.9 Å². The van der Waals surface area contributed by atoms with Gasteiger partial charge in [0.2, 0.25) is 0 Å². The van der Waals surface area contributed by atoms with Gasteiger partial charge in [0, 0.05) is 19.3 Å². The number of hydrogen-bond donors (Lipinski definition) is 0. The summed E-state index contributed by atoms with van der Waals surface area (Å²) in [6.07, 6.45) is 58.9. The summed E-state index contributed by atoms with van der Waals surface area (Å²) in [7, 11) is 0. The molecule has 1 atom stereocenters. The minimum atomic E-state index is -0.821. The fourth-order valence-corrected chi connectivity index (χ4v) is 5.16. The largest absolute Gasteiger partial charge is 0.462 e. The normalized spacial score (nSPS) is 13.3. The Kier molecular flexibility index (Phi) is 40.3. The molecule has 1 unspecified atom stereocenters. The van der Waals surface area contributed by atoms with Crippen molar-refractivity contribution in [2.75, 3.05) is 13.2 Å². The molecule has 0 heterocycles. The first-order valence-electron chi connectivity index (χ1n) is 21.7. The van der Waals surface area contributed by atoms with Crippen molar-refractivity contribution in [3.05, 3.63) is 122 Å². The van der Waals surface area contributed by atoms with E-state index in [1.165, 1.54) is 12.8 Å². The lowest BCUT2D eigenvalue weighted by molar-refractivity contribution is -0.167. The van der Waals surface area contributed by atoms with Crippen LogP contribution in [0.1, 0.15) is 156 Å². The van der Waals surface area contributed by atoms with Crippen LogP contribution in [0.3, 0.4) is 0 Å². The van der Waals surface area contributed by atoms with Crippen molar-refractivity contribution in [2.24, 2.45) is 0 Å². The second kappa shape index (κ2) is 43.5. The molecule has 0 aromatic heterocycles. The van der Waals surface area contributed by atoms with E-state index in [1.54, 1.807) is 0 Å². The van der Waals surface area contributed by atoms with Gasteiger partial charge < -0.3 is 14.2 Å². The van der Waals surface area contributed by atoms with Crippen LogP contribution < -0.4 is 0 Å². The average molecular weight is 773 g/mol. The van der Waals surface area contributed by atoms with E-state index >= 15 is 0 Å². The van der Waals surface area contributed by atoms with Gasteiger partial charge in [-0.15, -0.1) is 0 Å². The molecule has 0 fully saturated rings. The Morgan fingerprint density at radius 1 is 0.375 bits per heavy atom. The minimum Gasteiger partial charge on any atom is -0.462 e. The van der Waals surface area contributed by atoms with Crippen LogP contribution in [0.15, 0.2) is 122 Å². The van der Waals surface area contributed by atoms with Crippen molar-refractivity contribution in [1.29, 1.82) is 0 Å². The number of ether oxygens (including phenoxy) is 3. The van der Waals surface area contributed by atoms with Crippen LogP contribution in [0.25, 0.3) is 0 Å². The molecule has 6 nitrogen and oxygen atoms in total. The second-order valence-electron chi connectivity index (χ2n) is 13.7. The predicted octanol–water partition coefficient (Wildman–Crippen LogP) is 13.8. The highest BCUT2D eigenvalue weighted by molar-refractivity contribution is 5.71. The zero-order valence-electron chi connectivity index (χ0n) is 35.3. The molecular formula is C50H76O6. The van der Waals surface area contributed by atoms with E-state index in [2.05, 4.69) is 57.2 Å². The van der Waals surface area contributed by atoms with Crippen LogP contribution in [0, 0.1) is 0 Å². The van der Waals surface area contributed by atoms with Gasteiger partial charge in [-0.2, -0.15) is 0 Å². The van der Waals surface area contributed by atoms with Gasteiger partial charge in [-0.05, 0) is 77.0 Å². The zero-order valence-corrected chi connectivity index (χ0v) is 35.3. The van der Waals surface area contributed by atoms with Gasteiger partial charge in [0.15, 0.2) is 6.10 Å². The van der Waals surface area contributed by atoms with E-state index in [1.807, 2.05) is 85.1 Å². The summed E-state index contributed by atoms with van der Waals surface area (Å²) >= 11 is 0. The summed E-state index contributed by atoms with van der Waals surface area (Å²) in [5, 5.41) is 0. The molecule has 0 rings (SSSR count). The lowest BCUT2D eigenvalue weighted by atomic mass is 10.1. The first-order chi connectivity index (χ1) is 27.5. The van der Waals surface area contributed by atoms with E-state index in [-0.39, 0.29) is 37.5 Å². The van der Waals surface area contributed by atoms with Gasteiger partial charge in [-0.3, -0.25) is 14.4 Å². The Balaban J connectivity index is 4.58. The van der Waals surface area contributed by atoms with Crippen molar-refractivity contribution >= 4 is 17.9 Å². The average Bonchev–Trinajstić information content (AvgIpc) is 3.19. The standard InChI is InChI=1S/C50H76O6/c1-4-7-10-13-16-19-22-24-25-27-28-31-34-37-40-43-49(52)55-46-47(45-54-48(51)42-39-36-33-30-21-18-15-12-9-6-3)56-50(53)44-41-38-35-32-29-26-23-20-17-14-11-8-5-2/h7-8,10-11,13-20,22-29,47H,4-6,9,12,21,30-46H2,1-3H3/b10-7-,11-8-,16-13-,17-14-,18-15-,22-19-,23-20-,25-24-,28-27-,29-26-. The molecule has 0 radical (unpaired) electrons. The number of allylic oxidation sites excluding steroid dienone is 20. The third-order valence-electron chi connectivity index (χ3n) is 8.40. The molecule has 56 heavy (non-hydrogen) atoms. The van der Waals surface area contributed by atoms with Crippen molar-refractivity contribution in [3.63, 3.8) is 0 Å². The fourth-order valence-electron chi connectivity index (χ4n) is 5.16. The third kappa shape index (κ3) is 41.0. The third-order valence-corrected chi connectivity index (χ3v) is 8.40. The molecule has 0 aromatic carbocycles. The first-order valence-corrected chi connectivity index (χ1v) is 21.7. The van der Waals surface area contributed by atoms with Crippen LogP contribution >= 0.6 is 0 Å². The van der Waals surface area contributed by atoms with Crippen LogP contribution in [-0.4, -0.2) is 37.2 Å². The van der Waals surface area contributed by atoms with E-state index < -0.39 is 6.10 Å². The van der Waals surface area contributed by atoms with Crippen molar-refractivity contribution in [2.45, 2.75) is 162 Å². The summed E-state index contributed by atoms with van der Waals surface area (Å²) in [4.78, 5) is 37.7. The highest BCUT2D eigenvalue weighted by atomic mass is 16.6. The van der Waals surface area contributed by atoms with Gasteiger partial charge in [-0.1, -0.05) is 181 Å². The molecule has 0 saturated carbocycles. The highest BCUT2D eigenvalue weighted by Crippen LogP contribution is 2.11. The number of unbranched alkanes of at least 4 members (excludes halogenated alkanes) is 12. The summed E-state index contributed by atoms with van der Waals surface area (Å²) in [6.45, 7) is 6.18. The van der Waals surface area contributed by atoms with Crippen molar-refractivity contribution in [3.8, 4) is 0 Å². The Bertz CT molecular complexity index is 1260. The molecule has 0 aliphatic heterocycles. The first kappa shape index (κ1) is 51.8. The molecule has 0 N–H and O–H groups in total. The number of esters is 3. The van der Waals surface area contributed by atoms with Crippen molar-refractivity contribution in [1.82, 2.24) is 0 Å². The highest BCUT2D eigenvalue weighted by Gasteiger charge is 2.19. The monoisotopic (exact) mass is 773 g/mol. The number of rotatable bonds is 36. The van der Waals surface area contributed by atoms with Gasteiger partial charge >= 0.3 is 17.9 Å². The van der Waals surface area contributed by atoms with Crippen molar-refractivity contribution < 1.29 is 28.6 Å². The van der Waals surface area contributed by atoms with E-state index in [9.17, 15) is 14.4 Å². The summed E-state index contributed by atoms with van der Waals surface area (Å²) in [6, 6.07) is 0. The number of hydrogen-bond acceptors (Lipinski definition) is 6. The van der Waals surface area contributed by atoms with Crippen LogP contribution in [0.5, 0.6) is 0 Å². The van der Waals surface area contributed by atoms with Crippen LogP contribution in [-0.2, 0) is 28.6 Å². The minimum absolute atomic E-state index is 0.119. The maximum atomic E-state index is 12.7. The summed E-state index contributed by atoms with van der Waals surface area (Å²) < 4.78 is 16.6. The van der Waals surface area contributed by atoms with E-state index in [0.717, 1.165) is 96.3 Å². The number of carbonyl (C=O) groups is 3. The van der Waals surface area contributed by atoms with Gasteiger partial charge in [0.05, 0.1) is 0 Å². The molecular weight excluding hydrogens is 697 g/mol. The molecule has 0 aliphatic rings. The molecule has 0 bridgehead atoms. The lowest BCUT2D eigenvalue weighted by Gasteiger charge is -2.18. The summed E-state index contributed by atoms with van der Waals surface area (Å²) in [5.41, 5.74) is 0. The van der Waals surface area contributed by atoms with Crippen LogP contribution in [0.2, 0.25) is 0 Å². The predicted molar refractivity (Wildman–Crippen MR) is 237 cm³/mol. The Morgan fingerprint density at radius 2 is 0.714 bits per heavy atom. The lowest BCUT2D eigenvalue weighted by Crippen LogP contribution is -2.30. The van der Waals surface area contributed by atoms with E-state index in [0.29, 0.717) is 19.3 Å². The van der Waals surface area contributed by atoms with Gasteiger partial charge in [0.25, 0.3) is 0 Å². The second-order valence-corrected chi connectivity index (χ2v) is 13.7. The number of carbonyl (C=O) groups excluding carboxylic acids is 3. The SMILES string of the molecule is CC\C=C/C=C\C=C/C=C\C=C/CCCCCC(=O)OCC(COC(=O)CCCCCC/C=C\CCCC)OC(=O)CCCCC\C=C/C=C\C=C/C=C\CC. The van der Waals surface area contributed by atoms with Crippen LogP contribution in [0.4, 0.5) is 0 Å². The quantitative estimate of drug-likeness (QED) is 0.0207. The fraction of sp³-hybridized carbons (Fsp3) is 0.540. The van der Waals surface area contributed by atoms with Gasteiger partial charge in [-0.25, -0.2) is 0 Å². The molecule has 312 valence electrons. The van der Waals surface area contributed by atoms with Gasteiger partial charge in [0.1, 0.15) is 13.2 Å². The zero-order chi connectivity index (χ0) is 40.8. The maximum absolute atomic E-state index is 12.7. The molecule has 6 heteroatoms. The maximum Gasteiger partial charge on any atom is 0.306 e. The Morgan fingerprint density at radius 3 is 1.14 bits per heavy atom. The Hall–Kier alpha value is -4.19. The summed E-state index contributed by atoms with van der Waals surface area (Å²) in [5.74, 6) is -1.03. The smallest absolute Gasteiger partial charge is 0.306 e. The molecule has 0 saturated heterocycles. The molecule has 0 amide bonds. The Labute approximate surface area is 342 Å². The molecule has 0 spiro atoms. The van der Waals surface area contributed by atoms with E-state index in [4.69, 9.17) is 14.2 Å². The molecule has 0 aromatic rings.